The summed E-state index contributed by atoms with van der Waals surface area (Å²) in [4.78, 5) is 0. The van der Waals surface area contributed by atoms with E-state index in [0.29, 0.717) is 6.04 Å². The molecule has 3 heteroatoms. The summed E-state index contributed by atoms with van der Waals surface area (Å²) in [7, 11) is 2.03. The lowest BCUT2D eigenvalue weighted by molar-refractivity contribution is 0.508. The van der Waals surface area contributed by atoms with Crippen LogP contribution in [-0.2, 0) is 13.0 Å². The van der Waals surface area contributed by atoms with Gasteiger partial charge in [-0.1, -0.05) is 6.92 Å². The van der Waals surface area contributed by atoms with Gasteiger partial charge in [0.15, 0.2) is 0 Å². The summed E-state index contributed by atoms with van der Waals surface area (Å²) in [6, 6.07) is 0.639. The fourth-order valence-corrected chi connectivity index (χ4v) is 1.60. The van der Waals surface area contributed by atoms with E-state index in [9.17, 15) is 0 Å². The predicted octanol–water partition coefficient (Wildman–Crippen LogP) is 1.83. The molecule has 1 heterocycles. The molecule has 14 heavy (non-hydrogen) atoms. The van der Waals surface area contributed by atoms with E-state index in [4.69, 9.17) is 0 Å². The molecule has 0 aliphatic rings. The number of aromatic nitrogens is 2. The van der Waals surface area contributed by atoms with Crippen LogP contribution < -0.4 is 5.32 Å². The molecule has 3 nitrogen and oxygen atoms in total. The molecule has 1 unspecified atom stereocenters. The summed E-state index contributed by atoms with van der Waals surface area (Å²) >= 11 is 0. The molecule has 0 saturated heterocycles. The average Bonchev–Trinajstić information content (AvgIpc) is 2.67. The van der Waals surface area contributed by atoms with Gasteiger partial charge in [0.05, 0.1) is 6.20 Å². The van der Waals surface area contributed by atoms with Gasteiger partial charge in [0, 0.05) is 18.8 Å². The van der Waals surface area contributed by atoms with E-state index < -0.39 is 0 Å². The molecule has 0 aliphatic carbocycles. The van der Waals surface area contributed by atoms with Crippen LogP contribution in [0.1, 0.15) is 32.3 Å². The summed E-state index contributed by atoms with van der Waals surface area (Å²) in [6.45, 7) is 5.29. The molecular formula is C11H21N3. The molecule has 0 amide bonds. The van der Waals surface area contributed by atoms with Crippen molar-refractivity contribution in [2.24, 2.45) is 0 Å². The Morgan fingerprint density at radius 2 is 2.29 bits per heavy atom. The van der Waals surface area contributed by atoms with E-state index in [1.165, 1.54) is 18.4 Å². The van der Waals surface area contributed by atoms with Crippen LogP contribution in [0.5, 0.6) is 0 Å². The van der Waals surface area contributed by atoms with Crippen LogP contribution in [0.2, 0.25) is 0 Å². The highest BCUT2D eigenvalue weighted by Gasteiger charge is 2.04. The first kappa shape index (κ1) is 11.2. The maximum absolute atomic E-state index is 4.26. The molecule has 1 atom stereocenters. The molecule has 0 bridgehead atoms. The van der Waals surface area contributed by atoms with Crippen molar-refractivity contribution in [3.8, 4) is 0 Å². The zero-order valence-corrected chi connectivity index (χ0v) is 9.45. The first-order valence-electron chi connectivity index (χ1n) is 5.48. The number of hydrogen-bond donors (Lipinski definition) is 1. The van der Waals surface area contributed by atoms with Crippen molar-refractivity contribution in [3.05, 3.63) is 18.0 Å². The average molecular weight is 195 g/mol. The van der Waals surface area contributed by atoms with Gasteiger partial charge in [0.2, 0.25) is 0 Å². The number of nitrogens with one attached hydrogen (secondary N) is 1. The Labute approximate surface area is 86.5 Å². The third-order valence-electron chi connectivity index (χ3n) is 2.69. The first-order valence-corrected chi connectivity index (χ1v) is 5.48. The van der Waals surface area contributed by atoms with Crippen LogP contribution in [0, 0.1) is 0 Å². The van der Waals surface area contributed by atoms with Gasteiger partial charge in [0.1, 0.15) is 0 Å². The Balaban J connectivity index is 2.37. The summed E-state index contributed by atoms with van der Waals surface area (Å²) in [6.07, 6.45) is 7.63. The third-order valence-corrected chi connectivity index (χ3v) is 2.69. The van der Waals surface area contributed by atoms with Gasteiger partial charge in [-0.25, -0.2) is 0 Å². The molecule has 0 fully saturated rings. The Kier molecular flexibility index (Phi) is 4.66. The second kappa shape index (κ2) is 5.81. The second-order valence-corrected chi connectivity index (χ2v) is 3.64. The van der Waals surface area contributed by atoms with E-state index in [-0.39, 0.29) is 0 Å². The largest absolute Gasteiger partial charge is 0.317 e. The summed E-state index contributed by atoms with van der Waals surface area (Å²) in [5, 5.41) is 7.58. The normalized spacial score (nSPS) is 13.1. The highest BCUT2D eigenvalue weighted by Crippen LogP contribution is 2.06. The minimum atomic E-state index is 0.639. The second-order valence-electron chi connectivity index (χ2n) is 3.64. The smallest absolute Gasteiger partial charge is 0.0521 e. The Bertz CT molecular complexity index is 251. The molecule has 0 spiro atoms. The molecular weight excluding hydrogens is 174 g/mol. The first-order chi connectivity index (χ1) is 6.80. The number of aryl methyl sites for hydroxylation is 2. The van der Waals surface area contributed by atoms with Crippen LogP contribution in [0.15, 0.2) is 12.4 Å². The maximum atomic E-state index is 4.26. The number of hydrogen-bond acceptors (Lipinski definition) is 2. The van der Waals surface area contributed by atoms with Crippen molar-refractivity contribution < 1.29 is 0 Å². The molecule has 1 rings (SSSR count). The minimum absolute atomic E-state index is 0.639. The van der Waals surface area contributed by atoms with Crippen molar-refractivity contribution in [1.82, 2.24) is 15.1 Å². The van der Waals surface area contributed by atoms with Gasteiger partial charge in [0.25, 0.3) is 0 Å². The van der Waals surface area contributed by atoms with Gasteiger partial charge in [-0.05, 0) is 38.8 Å². The standard InChI is InChI=1S/C11H21N3/c1-4-11(12-3)7-6-10-8-13-14(5-2)9-10/h8-9,11-12H,4-7H2,1-3H3. The summed E-state index contributed by atoms with van der Waals surface area (Å²) in [5.74, 6) is 0. The quantitative estimate of drug-likeness (QED) is 0.750. The highest BCUT2D eigenvalue weighted by molar-refractivity contribution is 5.04. The molecule has 0 saturated carbocycles. The lowest BCUT2D eigenvalue weighted by Crippen LogP contribution is -2.24. The van der Waals surface area contributed by atoms with Crippen LogP contribution in [-0.4, -0.2) is 22.9 Å². The van der Waals surface area contributed by atoms with E-state index in [1.54, 1.807) is 0 Å². The summed E-state index contributed by atoms with van der Waals surface area (Å²) in [5.41, 5.74) is 1.35. The van der Waals surface area contributed by atoms with Crippen molar-refractivity contribution in [2.75, 3.05) is 7.05 Å². The monoisotopic (exact) mass is 195 g/mol. The van der Waals surface area contributed by atoms with Crippen molar-refractivity contribution in [1.29, 1.82) is 0 Å². The lowest BCUT2D eigenvalue weighted by atomic mass is 10.1. The zero-order valence-electron chi connectivity index (χ0n) is 9.45. The van der Waals surface area contributed by atoms with Gasteiger partial charge < -0.3 is 5.32 Å². The molecule has 0 aliphatic heterocycles. The van der Waals surface area contributed by atoms with E-state index in [1.807, 2.05) is 17.9 Å². The van der Waals surface area contributed by atoms with E-state index >= 15 is 0 Å². The predicted molar refractivity (Wildman–Crippen MR) is 59.4 cm³/mol. The topological polar surface area (TPSA) is 29.9 Å². The lowest BCUT2D eigenvalue weighted by Gasteiger charge is -2.12. The van der Waals surface area contributed by atoms with Crippen LogP contribution in [0.25, 0.3) is 0 Å². The van der Waals surface area contributed by atoms with Crippen LogP contribution in [0.3, 0.4) is 0 Å². The molecule has 1 aromatic rings. The maximum Gasteiger partial charge on any atom is 0.0521 e. The Hall–Kier alpha value is -0.830. The van der Waals surface area contributed by atoms with Crippen LogP contribution in [0.4, 0.5) is 0 Å². The van der Waals surface area contributed by atoms with Crippen molar-refractivity contribution in [3.63, 3.8) is 0 Å². The van der Waals surface area contributed by atoms with Crippen molar-refractivity contribution >= 4 is 0 Å². The molecule has 0 aromatic carbocycles. The summed E-state index contributed by atoms with van der Waals surface area (Å²) < 4.78 is 1.98. The SMILES string of the molecule is CCC(CCc1cnn(CC)c1)NC. The van der Waals surface area contributed by atoms with E-state index in [0.717, 1.165) is 13.0 Å². The Morgan fingerprint density at radius 3 is 2.79 bits per heavy atom. The minimum Gasteiger partial charge on any atom is -0.317 e. The van der Waals surface area contributed by atoms with E-state index in [2.05, 4.69) is 30.5 Å². The van der Waals surface area contributed by atoms with Crippen LogP contribution >= 0.6 is 0 Å². The molecule has 1 aromatic heterocycles. The van der Waals surface area contributed by atoms with Crippen molar-refractivity contribution in [2.45, 2.75) is 45.7 Å². The highest BCUT2D eigenvalue weighted by atomic mass is 15.3. The van der Waals surface area contributed by atoms with Gasteiger partial charge in [-0.2, -0.15) is 5.10 Å². The molecule has 0 radical (unpaired) electrons. The fourth-order valence-electron chi connectivity index (χ4n) is 1.60. The van der Waals surface area contributed by atoms with Gasteiger partial charge in [-0.15, -0.1) is 0 Å². The molecule has 1 N–H and O–H groups in total. The van der Waals surface area contributed by atoms with Gasteiger partial charge >= 0.3 is 0 Å². The number of rotatable bonds is 6. The number of nitrogens with zero attached hydrogens (tertiary/aromatic N) is 2. The zero-order chi connectivity index (χ0) is 10.4. The van der Waals surface area contributed by atoms with Gasteiger partial charge in [-0.3, -0.25) is 4.68 Å². The Morgan fingerprint density at radius 1 is 1.50 bits per heavy atom. The fraction of sp³-hybridized carbons (Fsp3) is 0.727. The third kappa shape index (κ3) is 3.14. The molecule has 80 valence electrons.